The number of benzene rings is 2. The van der Waals surface area contributed by atoms with Crippen LogP contribution in [0, 0.1) is 17.2 Å². The highest BCUT2D eigenvalue weighted by Crippen LogP contribution is 2.22. The van der Waals surface area contributed by atoms with E-state index in [0.717, 1.165) is 22.9 Å². The van der Waals surface area contributed by atoms with Crippen LogP contribution in [-0.2, 0) is 16.0 Å². The number of rotatable bonds is 8. The molecule has 174 valence electrons. The largest absolute Gasteiger partial charge is 0.356 e. The number of nitriles is 1. The molecule has 1 saturated heterocycles. The van der Waals surface area contributed by atoms with Gasteiger partial charge in [0.25, 0.3) is 5.91 Å². The lowest BCUT2D eigenvalue weighted by Gasteiger charge is -2.21. The lowest BCUT2D eigenvalue weighted by Crippen LogP contribution is -2.45. The Morgan fingerprint density at radius 3 is 2.62 bits per heavy atom. The minimum atomic E-state index is -1.00. The molecule has 3 aromatic rings. The van der Waals surface area contributed by atoms with Crippen LogP contribution in [0.3, 0.4) is 0 Å². The Labute approximate surface area is 197 Å². The van der Waals surface area contributed by atoms with Crippen LogP contribution in [0.15, 0.2) is 54.6 Å². The Bertz CT molecular complexity index is 1240. The van der Waals surface area contributed by atoms with E-state index < -0.39 is 23.9 Å². The molecule has 1 fully saturated rings. The number of H-pyrrole nitrogens is 1. The minimum Gasteiger partial charge on any atom is -0.356 e. The number of carbonyl (C=O) groups is 3. The molecule has 0 spiro atoms. The fourth-order valence-electron chi connectivity index (χ4n) is 4.36. The molecule has 0 bridgehead atoms. The lowest BCUT2D eigenvalue weighted by atomic mass is 9.98. The number of amides is 3. The van der Waals surface area contributed by atoms with Crippen molar-refractivity contribution in [3.05, 3.63) is 71.4 Å². The quantitative estimate of drug-likeness (QED) is 0.415. The summed E-state index contributed by atoms with van der Waals surface area (Å²) in [4.78, 5) is 41.4. The molecular formula is C26H27N5O3. The molecule has 8 nitrogen and oxygen atoms in total. The van der Waals surface area contributed by atoms with Crippen LogP contribution in [0.5, 0.6) is 0 Å². The molecule has 0 radical (unpaired) electrons. The first-order valence-corrected chi connectivity index (χ1v) is 11.4. The third kappa shape index (κ3) is 4.94. The first-order chi connectivity index (χ1) is 16.5. The van der Waals surface area contributed by atoms with Crippen molar-refractivity contribution in [3.8, 4) is 6.07 Å². The second kappa shape index (κ2) is 10.2. The van der Waals surface area contributed by atoms with Crippen molar-refractivity contribution in [1.29, 1.82) is 5.26 Å². The highest BCUT2D eigenvalue weighted by atomic mass is 16.2. The fraction of sp³-hybridized carbons (Fsp3) is 0.308. The summed E-state index contributed by atoms with van der Waals surface area (Å²) in [5.41, 5.74) is 2.92. The van der Waals surface area contributed by atoms with Crippen LogP contribution in [0.2, 0.25) is 0 Å². The number of carbonyl (C=O) groups excluding carboxylic acids is 3. The third-order valence-corrected chi connectivity index (χ3v) is 6.21. The number of nitrogens with zero attached hydrogens (tertiary/aromatic N) is 1. The molecule has 0 aliphatic carbocycles. The van der Waals surface area contributed by atoms with Crippen LogP contribution < -0.4 is 16.0 Å². The van der Waals surface area contributed by atoms with Crippen LogP contribution in [-0.4, -0.2) is 35.3 Å². The van der Waals surface area contributed by atoms with Crippen LogP contribution in [0.4, 0.5) is 0 Å². The number of aromatic nitrogens is 1. The predicted molar refractivity (Wildman–Crippen MR) is 128 cm³/mol. The van der Waals surface area contributed by atoms with Gasteiger partial charge in [0.15, 0.2) is 0 Å². The predicted octanol–water partition coefficient (Wildman–Crippen LogP) is 2.74. The molecule has 4 rings (SSSR count). The van der Waals surface area contributed by atoms with Crippen molar-refractivity contribution in [2.24, 2.45) is 5.92 Å². The van der Waals surface area contributed by atoms with E-state index in [-0.39, 0.29) is 18.2 Å². The fourth-order valence-corrected chi connectivity index (χ4v) is 4.36. The van der Waals surface area contributed by atoms with Crippen LogP contribution in [0.1, 0.15) is 47.4 Å². The van der Waals surface area contributed by atoms with Gasteiger partial charge in [-0.15, -0.1) is 0 Å². The minimum absolute atomic E-state index is 0.104. The number of aryl methyl sites for hydroxylation is 1. The van der Waals surface area contributed by atoms with Gasteiger partial charge >= 0.3 is 0 Å². The Morgan fingerprint density at radius 2 is 1.94 bits per heavy atom. The average molecular weight is 458 g/mol. The maximum atomic E-state index is 13.2. The summed E-state index contributed by atoms with van der Waals surface area (Å²) >= 11 is 0. The molecule has 1 aliphatic rings. The maximum absolute atomic E-state index is 13.2. The van der Waals surface area contributed by atoms with Gasteiger partial charge in [-0.25, -0.2) is 0 Å². The Balaban J connectivity index is 1.54. The Kier molecular flexibility index (Phi) is 6.93. The van der Waals surface area contributed by atoms with E-state index in [2.05, 4.69) is 33.9 Å². The standard InChI is InChI=1S/C26H27N5O3/c1-2-16-9-6-10-21-20(16)14-22(30-21)25(33)31-23(17-7-4-3-5-8-17)26(34)29-19(15-27)13-18-11-12-28-24(18)32/h3-10,14,18-19,23,30H,2,11-13H2,1H3,(H,28,32)(H,29,34)(H,31,33)/t18-,19-,23-/m0/s1. The van der Waals surface area contributed by atoms with Gasteiger partial charge < -0.3 is 20.9 Å². The molecule has 0 unspecified atom stereocenters. The van der Waals surface area contributed by atoms with E-state index in [0.29, 0.717) is 24.2 Å². The first-order valence-electron chi connectivity index (χ1n) is 11.4. The van der Waals surface area contributed by atoms with Gasteiger partial charge in [0.2, 0.25) is 11.8 Å². The molecule has 3 atom stereocenters. The summed E-state index contributed by atoms with van der Waals surface area (Å²) in [6.45, 7) is 2.63. The van der Waals surface area contributed by atoms with Crippen molar-refractivity contribution in [3.63, 3.8) is 0 Å². The normalized spacial score (nSPS) is 16.9. The van der Waals surface area contributed by atoms with Crippen molar-refractivity contribution < 1.29 is 14.4 Å². The van der Waals surface area contributed by atoms with E-state index >= 15 is 0 Å². The number of hydrogen-bond donors (Lipinski definition) is 4. The van der Waals surface area contributed by atoms with Crippen molar-refractivity contribution in [1.82, 2.24) is 20.9 Å². The van der Waals surface area contributed by atoms with Crippen molar-refractivity contribution >= 4 is 28.6 Å². The lowest BCUT2D eigenvalue weighted by molar-refractivity contribution is -0.125. The van der Waals surface area contributed by atoms with Crippen molar-refractivity contribution in [2.75, 3.05) is 6.54 Å². The summed E-state index contributed by atoms with van der Waals surface area (Å²) in [5.74, 6) is -1.35. The monoisotopic (exact) mass is 457 g/mol. The molecule has 1 aromatic heterocycles. The Morgan fingerprint density at radius 1 is 1.15 bits per heavy atom. The van der Waals surface area contributed by atoms with E-state index in [9.17, 15) is 19.6 Å². The van der Waals surface area contributed by atoms with Gasteiger partial charge in [-0.05, 0) is 42.5 Å². The maximum Gasteiger partial charge on any atom is 0.268 e. The second-order valence-electron chi connectivity index (χ2n) is 8.43. The van der Waals surface area contributed by atoms with Crippen molar-refractivity contribution in [2.45, 2.75) is 38.3 Å². The SMILES string of the molecule is CCc1cccc2[nH]c(C(=O)N[C@H](C(=O)N[C@H](C#N)C[C@@H]3CCNC3=O)c3ccccc3)cc12. The van der Waals surface area contributed by atoms with E-state index in [4.69, 9.17) is 0 Å². The molecular weight excluding hydrogens is 430 g/mol. The second-order valence-corrected chi connectivity index (χ2v) is 8.43. The summed E-state index contributed by atoms with van der Waals surface area (Å²) < 4.78 is 0. The number of fused-ring (bicyclic) bond motifs is 1. The number of aromatic amines is 1. The number of hydrogen-bond acceptors (Lipinski definition) is 4. The zero-order valence-corrected chi connectivity index (χ0v) is 18.9. The molecule has 2 heterocycles. The highest BCUT2D eigenvalue weighted by Gasteiger charge is 2.30. The highest BCUT2D eigenvalue weighted by molar-refractivity contribution is 6.01. The molecule has 8 heteroatoms. The van der Waals surface area contributed by atoms with Gasteiger partial charge in [0, 0.05) is 23.4 Å². The van der Waals surface area contributed by atoms with E-state index in [1.807, 2.05) is 24.3 Å². The summed E-state index contributed by atoms with van der Waals surface area (Å²) in [5, 5.41) is 18.8. The zero-order valence-electron chi connectivity index (χ0n) is 18.9. The van der Waals surface area contributed by atoms with Crippen LogP contribution >= 0.6 is 0 Å². The molecule has 4 N–H and O–H groups in total. The Hall–Kier alpha value is -4.12. The first kappa shape index (κ1) is 23.1. The van der Waals surface area contributed by atoms with Gasteiger partial charge in [0.05, 0.1) is 6.07 Å². The molecule has 2 aromatic carbocycles. The average Bonchev–Trinajstić information content (AvgIpc) is 3.48. The topological polar surface area (TPSA) is 127 Å². The molecule has 3 amide bonds. The van der Waals surface area contributed by atoms with Gasteiger partial charge in [-0.2, -0.15) is 5.26 Å². The smallest absolute Gasteiger partial charge is 0.268 e. The summed E-state index contributed by atoms with van der Waals surface area (Å²) in [6.07, 6.45) is 1.69. The van der Waals surface area contributed by atoms with E-state index in [1.54, 1.807) is 30.3 Å². The molecule has 34 heavy (non-hydrogen) atoms. The third-order valence-electron chi connectivity index (χ3n) is 6.21. The van der Waals surface area contributed by atoms with Gasteiger partial charge in [0.1, 0.15) is 17.8 Å². The molecule has 1 aliphatic heterocycles. The summed E-state index contributed by atoms with van der Waals surface area (Å²) in [7, 11) is 0. The van der Waals surface area contributed by atoms with Crippen LogP contribution in [0.25, 0.3) is 10.9 Å². The van der Waals surface area contributed by atoms with E-state index in [1.165, 1.54) is 0 Å². The number of nitrogens with one attached hydrogen (secondary N) is 4. The summed E-state index contributed by atoms with van der Waals surface area (Å²) in [6, 6.07) is 16.8. The molecule has 0 saturated carbocycles. The van der Waals surface area contributed by atoms with Gasteiger partial charge in [-0.3, -0.25) is 14.4 Å². The zero-order chi connectivity index (χ0) is 24.1. The van der Waals surface area contributed by atoms with Gasteiger partial charge in [-0.1, -0.05) is 49.4 Å².